The Kier molecular flexibility index (Phi) is 7.49. The molecule has 1 aromatic heterocycles. The lowest BCUT2D eigenvalue weighted by molar-refractivity contribution is -0.141. The minimum atomic E-state index is -0.619. The molecule has 28 heavy (non-hydrogen) atoms. The Morgan fingerprint density at radius 2 is 2.11 bits per heavy atom. The molecule has 0 bridgehead atoms. The number of nitriles is 1. The van der Waals surface area contributed by atoms with Crippen molar-refractivity contribution in [3.63, 3.8) is 0 Å². The fourth-order valence-electron chi connectivity index (χ4n) is 2.80. The highest BCUT2D eigenvalue weighted by Gasteiger charge is 2.26. The number of aryl methyl sites for hydroxylation is 2. The van der Waals surface area contributed by atoms with Crippen molar-refractivity contribution in [2.24, 2.45) is 0 Å². The first kappa shape index (κ1) is 21.8. The van der Waals surface area contributed by atoms with Gasteiger partial charge in [-0.2, -0.15) is 17.0 Å². The molecule has 1 atom stereocenters. The number of hydrogen-bond donors (Lipinski definition) is 2. The third-order valence-electron chi connectivity index (χ3n) is 4.29. The van der Waals surface area contributed by atoms with E-state index in [9.17, 15) is 14.9 Å². The van der Waals surface area contributed by atoms with Crippen LogP contribution < -0.4 is 11.1 Å². The van der Waals surface area contributed by atoms with Gasteiger partial charge in [-0.1, -0.05) is 23.8 Å². The first-order valence-electron chi connectivity index (χ1n) is 8.61. The van der Waals surface area contributed by atoms with Gasteiger partial charge in [0, 0.05) is 5.56 Å². The van der Waals surface area contributed by atoms with Gasteiger partial charge in [-0.25, -0.2) is 4.79 Å². The van der Waals surface area contributed by atoms with E-state index in [1.165, 1.54) is 7.11 Å². The molecule has 148 valence electrons. The number of nitrogens with two attached hydrogens (primary N) is 1. The number of nitrogen functional groups attached to an aromatic ring is 1. The first-order chi connectivity index (χ1) is 13.3. The van der Waals surface area contributed by atoms with Crippen LogP contribution in [0.2, 0.25) is 0 Å². The van der Waals surface area contributed by atoms with Crippen molar-refractivity contribution >= 4 is 45.5 Å². The van der Waals surface area contributed by atoms with Gasteiger partial charge < -0.3 is 15.8 Å². The van der Waals surface area contributed by atoms with Gasteiger partial charge in [0.05, 0.1) is 12.8 Å². The monoisotopic (exact) mass is 417 g/mol. The van der Waals surface area contributed by atoms with Crippen LogP contribution in [0.15, 0.2) is 18.2 Å². The van der Waals surface area contributed by atoms with Gasteiger partial charge in [0.25, 0.3) is 0 Å². The molecule has 0 aliphatic heterocycles. The van der Waals surface area contributed by atoms with Crippen LogP contribution in [-0.4, -0.2) is 36.9 Å². The molecule has 0 saturated heterocycles. The maximum absolute atomic E-state index is 13.0. The topological polar surface area (TPSA) is 105 Å². The predicted molar refractivity (Wildman–Crippen MR) is 115 cm³/mol. The van der Waals surface area contributed by atoms with Crippen molar-refractivity contribution in [2.45, 2.75) is 26.3 Å². The van der Waals surface area contributed by atoms with Crippen LogP contribution in [0.1, 0.15) is 38.3 Å². The maximum atomic E-state index is 13.0. The lowest BCUT2D eigenvalue weighted by Crippen LogP contribution is -2.31. The lowest BCUT2D eigenvalue weighted by Gasteiger charge is -2.16. The standard InChI is InChI=1S/C20H23N3O3S2/c1-11-5-6-13(12(2)9-11)17(24)18-16(22)14(10-21)19(28-18)23-15(7-8-27-4)20(25)26-3/h5-6,9,15,23H,7-8,22H2,1-4H3. The molecule has 1 unspecified atom stereocenters. The first-order valence-corrected chi connectivity index (χ1v) is 10.8. The summed E-state index contributed by atoms with van der Waals surface area (Å²) in [6, 6.07) is 6.99. The third-order valence-corrected chi connectivity index (χ3v) is 6.07. The number of nitrogens with zero attached hydrogens (tertiary/aromatic N) is 1. The van der Waals surface area contributed by atoms with E-state index in [1.54, 1.807) is 17.8 Å². The average Bonchev–Trinajstić information content (AvgIpc) is 2.99. The Morgan fingerprint density at radius 1 is 1.39 bits per heavy atom. The van der Waals surface area contributed by atoms with Gasteiger partial charge in [-0.3, -0.25) is 4.79 Å². The zero-order valence-corrected chi connectivity index (χ0v) is 17.9. The number of benzene rings is 1. The van der Waals surface area contributed by atoms with E-state index in [-0.39, 0.29) is 17.0 Å². The Bertz CT molecular complexity index is 932. The number of thioether (sulfide) groups is 1. The number of anilines is 2. The van der Waals surface area contributed by atoms with E-state index in [2.05, 4.69) is 5.32 Å². The fourth-order valence-corrected chi connectivity index (χ4v) is 4.35. The van der Waals surface area contributed by atoms with E-state index < -0.39 is 12.0 Å². The lowest BCUT2D eigenvalue weighted by atomic mass is 10.0. The van der Waals surface area contributed by atoms with Crippen molar-refractivity contribution in [1.29, 1.82) is 5.26 Å². The molecule has 0 amide bonds. The largest absolute Gasteiger partial charge is 0.467 e. The number of ketones is 1. The number of methoxy groups -OCH3 is 1. The average molecular weight is 418 g/mol. The van der Waals surface area contributed by atoms with Gasteiger partial charge in [0.15, 0.2) is 0 Å². The van der Waals surface area contributed by atoms with E-state index in [0.29, 0.717) is 21.9 Å². The van der Waals surface area contributed by atoms with Crippen LogP contribution in [-0.2, 0) is 9.53 Å². The molecule has 0 radical (unpaired) electrons. The summed E-state index contributed by atoms with van der Waals surface area (Å²) < 4.78 is 4.85. The molecule has 2 aromatic rings. The molecule has 1 aromatic carbocycles. The van der Waals surface area contributed by atoms with E-state index in [4.69, 9.17) is 10.5 Å². The highest BCUT2D eigenvalue weighted by Crippen LogP contribution is 2.37. The second kappa shape index (κ2) is 9.62. The van der Waals surface area contributed by atoms with Crippen molar-refractivity contribution in [3.8, 4) is 6.07 Å². The number of thiophene rings is 1. The van der Waals surface area contributed by atoms with Gasteiger partial charge in [0.1, 0.15) is 27.6 Å². The Labute approximate surface area is 173 Å². The zero-order chi connectivity index (χ0) is 20.8. The zero-order valence-electron chi connectivity index (χ0n) is 16.3. The summed E-state index contributed by atoms with van der Waals surface area (Å²) in [5.41, 5.74) is 8.88. The number of rotatable bonds is 8. The number of carbonyl (C=O) groups is 2. The minimum absolute atomic E-state index is 0.133. The van der Waals surface area contributed by atoms with Crippen LogP contribution in [0.5, 0.6) is 0 Å². The Morgan fingerprint density at radius 3 is 2.68 bits per heavy atom. The minimum Gasteiger partial charge on any atom is -0.467 e. The van der Waals surface area contributed by atoms with Crippen LogP contribution in [0.3, 0.4) is 0 Å². The smallest absolute Gasteiger partial charge is 0.328 e. The molecule has 0 saturated carbocycles. The molecule has 3 N–H and O–H groups in total. The summed E-state index contributed by atoms with van der Waals surface area (Å²) in [6.07, 6.45) is 2.47. The maximum Gasteiger partial charge on any atom is 0.328 e. The van der Waals surface area contributed by atoms with Crippen molar-refractivity contribution in [1.82, 2.24) is 0 Å². The van der Waals surface area contributed by atoms with Crippen LogP contribution >= 0.6 is 23.1 Å². The summed E-state index contributed by atoms with van der Waals surface area (Å²) in [5.74, 6) is 0.0829. The third kappa shape index (κ3) is 4.66. The summed E-state index contributed by atoms with van der Waals surface area (Å²) in [4.78, 5) is 25.4. The second-order valence-corrected chi connectivity index (χ2v) is 8.32. The number of carbonyl (C=O) groups excluding carboxylic acids is 2. The number of ether oxygens (including phenoxy) is 1. The normalized spacial score (nSPS) is 11.5. The summed E-state index contributed by atoms with van der Waals surface area (Å²) in [5, 5.41) is 13.0. The number of esters is 1. The van der Waals surface area contributed by atoms with Gasteiger partial charge in [-0.05, 0) is 37.8 Å². The molecule has 0 aliphatic rings. The molecule has 0 fully saturated rings. The highest BCUT2D eigenvalue weighted by atomic mass is 32.2. The van der Waals surface area contributed by atoms with Crippen LogP contribution in [0.25, 0.3) is 0 Å². The summed E-state index contributed by atoms with van der Waals surface area (Å²) >= 11 is 2.70. The van der Waals surface area contributed by atoms with Crippen LogP contribution in [0, 0.1) is 25.2 Å². The van der Waals surface area contributed by atoms with E-state index >= 15 is 0 Å². The second-order valence-electron chi connectivity index (χ2n) is 6.31. The van der Waals surface area contributed by atoms with Gasteiger partial charge in [0.2, 0.25) is 5.78 Å². The number of hydrogen-bond acceptors (Lipinski definition) is 8. The fraction of sp³-hybridized carbons (Fsp3) is 0.350. The quantitative estimate of drug-likeness (QED) is 0.498. The molecular formula is C20H23N3O3S2. The highest BCUT2D eigenvalue weighted by molar-refractivity contribution is 7.98. The van der Waals surface area contributed by atoms with Gasteiger partial charge >= 0.3 is 5.97 Å². The van der Waals surface area contributed by atoms with Crippen molar-refractivity contribution in [2.75, 3.05) is 30.2 Å². The van der Waals surface area contributed by atoms with E-state index in [0.717, 1.165) is 28.2 Å². The molecule has 1 heterocycles. The molecular weight excluding hydrogens is 394 g/mol. The summed E-state index contributed by atoms with van der Waals surface area (Å²) in [7, 11) is 1.32. The Hall–Kier alpha value is -2.50. The van der Waals surface area contributed by atoms with Crippen LogP contribution in [0.4, 0.5) is 10.7 Å². The molecule has 0 spiro atoms. The van der Waals surface area contributed by atoms with Crippen molar-refractivity contribution in [3.05, 3.63) is 45.3 Å². The SMILES string of the molecule is COC(=O)C(CCSC)Nc1sc(C(=O)c2ccc(C)cc2C)c(N)c1C#N. The van der Waals surface area contributed by atoms with E-state index in [1.807, 2.05) is 38.3 Å². The summed E-state index contributed by atoms with van der Waals surface area (Å²) in [6.45, 7) is 3.82. The molecule has 6 nitrogen and oxygen atoms in total. The molecule has 0 aliphatic carbocycles. The molecule has 8 heteroatoms. The van der Waals surface area contributed by atoms with Crippen molar-refractivity contribution < 1.29 is 14.3 Å². The molecule has 2 rings (SSSR count). The Balaban J connectivity index is 2.42. The van der Waals surface area contributed by atoms with Gasteiger partial charge in [-0.15, -0.1) is 11.3 Å². The predicted octanol–water partition coefficient (Wildman–Crippen LogP) is 3.76. The number of nitrogens with one attached hydrogen (secondary N) is 1.